The number of carboxylic acid groups (broad SMARTS) is 1. The van der Waals surface area contributed by atoms with Crippen LogP contribution in [-0.2, 0) is 0 Å². The molecule has 5 heteroatoms. The lowest BCUT2D eigenvalue weighted by molar-refractivity contribution is 0.0690. The zero-order chi connectivity index (χ0) is 11.3. The van der Waals surface area contributed by atoms with Crippen molar-refractivity contribution in [3.05, 3.63) is 24.0 Å². The molecule has 0 bridgehead atoms. The summed E-state index contributed by atoms with van der Waals surface area (Å²) >= 11 is 0. The van der Waals surface area contributed by atoms with Gasteiger partial charge in [-0.1, -0.05) is 0 Å². The van der Waals surface area contributed by atoms with Gasteiger partial charge in [-0.25, -0.2) is 9.78 Å². The molecule has 0 aromatic carbocycles. The Morgan fingerprint density at radius 2 is 2.33 bits per heavy atom. The average molecular weight is 209 g/mol. The molecule has 82 valence electrons. The first-order valence-corrected chi connectivity index (χ1v) is 4.70. The number of hydrogen-bond acceptors (Lipinski definition) is 4. The number of nitrogens with one attached hydrogen (secondary N) is 1. The highest BCUT2D eigenvalue weighted by Gasteiger charge is 2.05. The van der Waals surface area contributed by atoms with E-state index in [0.29, 0.717) is 0 Å². The summed E-state index contributed by atoms with van der Waals surface area (Å²) < 4.78 is 0. The molecular weight excluding hydrogens is 194 g/mol. The molecule has 0 fully saturated rings. The second kappa shape index (κ2) is 5.31. The van der Waals surface area contributed by atoms with Crippen molar-refractivity contribution >= 4 is 11.7 Å². The first kappa shape index (κ1) is 11.5. The molecule has 0 aliphatic carbocycles. The summed E-state index contributed by atoms with van der Waals surface area (Å²) in [5, 5.41) is 11.7. The van der Waals surface area contributed by atoms with Crippen molar-refractivity contribution in [1.29, 1.82) is 0 Å². The van der Waals surface area contributed by atoms with E-state index in [-0.39, 0.29) is 5.69 Å². The van der Waals surface area contributed by atoms with E-state index in [1.807, 2.05) is 19.0 Å². The fraction of sp³-hybridized carbons (Fsp3) is 0.400. The highest BCUT2D eigenvalue weighted by molar-refractivity contribution is 5.85. The molecule has 1 aromatic heterocycles. The van der Waals surface area contributed by atoms with Crippen molar-refractivity contribution in [3.8, 4) is 0 Å². The van der Waals surface area contributed by atoms with E-state index < -0.39 is 5.97 Å². The highest BCUT2D eigenvalue weighted by atomic mass is 16.4. The maximum absolute atomic E-state index is 10.6. The summed E-state index contributed by atoms with van der Waals surface area (Å²) in [4.78, 5) is 16.4. The van der Waals surface area contributed by atoms with Crippen molar-refractivity contribution in [3.63, 3.8) is 0 Å². The number of aromatic carboxylic acids is 1. The molecule has 0 aliphatic heterocycles. The van der Waals surface area contributed by atoms with Crippen LogP contribution in [-0.4, -0.2) is 43.2 Å². The van der Waals surface area contributed by atoms with Crippen LogP contribution in [0.5, 0.6) is 0 Å². The van der Waals surface area contributed by atoms with Gasteiger partial charge in [0.2, 0.25) is 0 Å². The standard InChI is InChI=1S/C10H15N3O2/c1-11-5-6-13(2)8-3-4-9(10(14)15)12-7-8/h3-4,7,11H,5-6H2,1-2H3,(H,14,15). The van der Waals surface area contributed by atoms with Gasteiger partial charge in [0, 0.05) is 20.1 Å². The fourth-order valence-electron chi connectivity index (χ4n) is 1.15. The van der Waals surface area contributed by atoms with Crippen LogP contribution >= 0.6 is 0 Å². The third-order valence-electron chi connectivity index (χ3n) is 2.10. The lowest BCUT2D eigenvalue weighted by atomic mass is 10.3. The molecule has 1 heterocycles. The molecule has 0 spiro atoms. The van der Waals surface area contributed by atoms with Gasteiger partial charge in [-0.3, -0.25) is 0 Å². The second-order valence-electron chi connectivity index (χ2n) is 3.23. The van der Waals surface area contributed by atoms with E-state index in [4.69, 9.17) is 5.11 Å². The Morgan fingerprint density at radius 1 is 1.60 bits per heavy atom. The van der Waals surface area contributed by atoms with Crippen molar-refractivity contribution in [2.45, 2.75) is 0 Å². The SMILES string of the molecule is CNCCN(C)c1ccc(C(=O)O)nc1. The molecule has 0 amide bonds. The Morgan fingerprint density at radius 3 is 2.80 bits per heavy atom. The van der Waals surface area contributed by atoms with E-state index in [1.54, 1.807) is 12.3 Å². The number of pyridine rings is 1. The second-order valence-corrected chi connectivity index (χ2v) is 3.23. The Balaban J connectivity index is 2.66. The number of aromatic nitrogens is 1. The van der Waals surface area contributed by atoms with Gasteiger partial charge in [0.05, 0.1) is 11.9 Å². The quantitative estimate of drug-likeness (QED) is 0.736. The molecule has 1 rings (SSSR count). The Labute approximate surface area is 88.7 Å². The summed E-state index contributed by atoms with van der Waals surface area (Å²) in [5.74, 6) is -1.00. The molecule has 5 nitrogen and oxygen atoms in total. The number of likely N-dealkylation sites (N-methyl/N-ethyl adjacent to an activating group) is 2. The lowest BCUT2D eigenvalue weighted by Gasteiger charge is -2.18. The Kier molecular flexibility index (Phi) is 4.05. The summed E-state index contributed by atoms with van der Waals surface area (Å²) in [5.41, 5.74) is 0.982. The topological polar surface area (TPSA) is 65.5 Å². The number of anilines is 1. The summed E-state index contributed by atoms with van der Waals surface area (Å²) in [6, 6.07) is 3.26. The van der Waals surface area contributed by atoms with Crippen molar-refractivity contribution in [2.75, 3.05) is 32.1 Å². The van der Waals surface area contributed by atoms with Gasteiger partial charge in [-0.15, -0.1) is 0 Å². The highest BCUT2D eigenvalue weighted by Crippen LogP contribution is 2.10. The van der Waals surface area contributed by atoms with Crippen LogP contribution in [0.4, 0.5) is 5.69 Å². The summed E-state index contributed by atoms with van der Waals surface area (Å²) in [6.07, 6.45) is 1.57. The molecule has 15 heavy (non-hydrogen) atoms. The molecule has 1 aromatic rings. The van der Waals surface area contributed by atoms with E-state index in [2.05, 4.69) is 10.3 Å². The normalized spacial score (nSPS) is 10.0. The van der Waals surface area contributed by atoms with Gasteiger partial charge in [0.25, 0.3) is 0 Å². The molecule has 0 atom stereocenters. The van der Waals surface area contributed by atoms with Crippen LogP contribution in [0.2, 0.25) is 0 Å². The summed E-state index contributed by atoms with van der Waals surface area (Å²) in [7, 11) is 3.83. The third kappa shape index (κ3) is 3.21. The molecular formula is C10H15N3O2. The van der Waals surface area contributed by atoms with Crippen LogP contribution in [0.25, 0.3) is 0 Å². The third-order valence-corrected chi connectivity index (χ3v) is 2.10. The first-order chi connectivity index (χ1) is 7.15. The maximum atomic E-state index is 10.6. The summed E-state index contributed by atoms with van der Waals surface area (Å²) in [6.45, 7) is 1.72. The smallest absolute Gasteiger partial charge is 0.354 e. The van der Waals surface area contributed by atoms with Gasteiger partial charge >= 0.3 is 5.97 Å². The number of carbonyl (C=O) groups is 1. The minimum Gasteiger partial charge on any atom is -0.477 e. The zero-order valence-electron chi connectivity index (χ0n) is 8.90. The van der Waals surface area contributed by atoms with Crippen molar-refractivity contribution in [1.82, 2.24) is 10.3 Å². The van der Waals surface area contributed by atoms with Gasteiger partial charge in [-0.05, 0) is 19.2 Å². The number of nitrogens with zero attached hydrogens (tertiary/aromatic N) is 2. The van der Waals surface area contributed by atoms with Crippen LogP contribution in [0.1, 0.15) is 10.5 Å². The number of carboxylic acids is 1. The molecule has 0 saturated heterocycles. The van der Waals surface area contributed by atoms with E-state index in [0.717, 1.165) is 18.8 Å². The zero-order valence-corrected chi connectivity index (χ0v) is 8.90. The van der Waals surface area contributed by atoms with E-state index in [1.165, 1.54) is 6.07 Å². The van der Waals surface area contributed by atoms with Crippen molar-refractivity contribution in [2.24, 2.45) is 0 Å². The molecule has 0 saturated carbocycles. The van der Waals surface area contributed by atoms with E-state index in [9.17, 15) is 4.79 Å². The van der Waals surface area contributed by atoms with Crippen LogP contribution in [0.15, 0.2) is 18.3 Å². The fourth-order valence-corrected chi connectivity index (χ4v) is 1.15. The average Bonchev–Trinajstić information content (AvgIpc) is 2.26. The minimum atomic E-state index is -1.00. The molecule has 0 unspecified atom stereocenters. The van der Waals surface area contributed by atoms with Crippen LogP contribution < -0.4 is 10.2 Å². The minimum absolute atomic E-state index is 0.0702. The van der Waals surface area contributed by atoms with Gasteiger partial charge in [-0.2, -0.15) is 0 Å². The monoisotopic (exact) mass is 209 g/mol. The van der Waals surface area contributed by atoms with E-state index >= 15 is 0 Å². The predicted molar refractivity (Wildman–Crippen MR) is 58.4 cm³/mol. The number of hydrogen-bond donors (Lipinski definition) is 2. The van der Waals surface area contributed by atoms with Crippen LogP contribution in [0.3, 0.4) is 0 Å². The Bertz CT molecular complexity index is 324. The molecule has 2 N–H and O–H groups in total. The first-order valence-electron chi connectivity index (χ1n) is 4.70. The van der Waals surface area contributed by atoms with Gasteiger partial charge in [0.15, 0.2) is 0 Å². The largest absolute Gasteiger partial charge is 0.477 e. The van der Waals surface area contributed by atoms with Gasteiger partial charge < -0.3 is 15.3 Å². The molecule has 0 radical (unpaired) electrons. The predicted octanol–water partition coefficient (Wildman–Crippen LogP) is 0.435. The number of rotatable bonds is 5. The lowest BCUT2D eigenvalue weighted by Crippen LogP contribution is -2.27. The Hall–Kier alpha value is -1.62. The molecule has 0 aliphatic rings. The van der Waals surface area contributed by atoms with Gasteiger partial charge in [0.1, 0.15) is 5.69 Å². The van der Waals surface area contributed by atoms with Crippen LogP contribution in [0, 0.1) is 0 Å². The maximum Gasteiger partial charge on any atom is 0.354 e. The van der Waals surface area contributed by atoms with Crippen molar-refractivity contribution < 1.29 is 9.90 Å².